The number of nitrogen functional groups attached to an aromatic ring is 2. The van der Waals surface area contributed by atoms with Crippen LogP contribution in [0.25, 0.3) is 43.9 Å². The van der Waals surface area contributed by atoms with Crippen molar-refractivity contribution < 1.29 is 38.6 Å². The van der Waals surface area contributed by atoms with Crippen molar-refractivity contribution in [2.24, 2.45) is 0 Å². The van der Waals surface area contributed by atoms with Crippen molar-refractivity contribution in [1.29, 1.82) is 0 Å². The lowest BCUT2D eigenvalue weighted by Crippen LogP contribution is -2.34. The molecule has 18 nitrogen and oxygen atoms in total. The maximum Gasteiger partial charge on any atom is 0.164 e. The Hall–Kier alpha value is -6.54. The van der Waals surface area contributed by atoms with Gasteiger partial charge < -0.3 is 59.2 Å². The number of aliphatic hydroxyl groups is 2. The third kappa shape index (κ3) is 7.70. The molecule has 0 saturated carbocycles. The third-order valence-corrected chi connectivity index (χ3v) is 11.5. The number of benzene rings is 2. The monoisotopic (exact) mass is 854 g/mol. The summed E-state index contributed by atoms with van der Waals surface area (Å²) in [6.07, 6.45) is 1.22. The molecule has 11 rings (SSSR count). The van der Waals surface area contributed by atoms with Crippen LogP contribution in [-0.2, 0) is 18.9 Å². The number of hydrogen-bond donors (Lipinski definition) is 4. The number of rotatable bonds is 8. The molecule has 2 aromatic carbocycles. The number of aliphatic hydroxyl groups excluding tert-OH is 2. The van der Waals surface area contributed by atoms with Gasteiger partial charge in [0.05, 0.1) is 21.8 Å². The van der Waals surface area contributed by atoms with Crippen LogP contribution in [0.1, 0.15) is 37.7 Å². The van der Waals surface area contributed by atoms with Gasteiger partial charge in [0, 0.05) is 46.7 Å². The molecule has 0 spiro atoms. The number of fused-ring (bicyclic) bond motifs is 5. The van der Waals surface area contributed by atoms with Crippen LogP contribution in [0.15, 0.2) is 97.8 Å². The number of ether oxygens (including phenoxy) is 6. The Kier molecular flexibility index (Phi) is 10.3. The molecule has 0 radical (unpaired) electrons. The molecule has 0 unspecified atom stereocenters. The van der Waals surface area contributed by atoms with Crippen molar-refractivity contribution in [3.05, 3.63) is 109 Å². The Morgan fingerprint density at radius 1 is 0.619 bits per heavy atom. The van der Waals surface area contributed by atoms with E-state index in [1.165, 1.54) is 12.7 Å². The van der Waals surface area contributed by atoms with Crippen LogP contribution in [-0.4, -0.2) is 105 Å². The average Bonchev–Trinajstić information content (AvgIpc) is 4.08. The summed E-state index contributed by atoms with van der Waals surface area (Å²) in [4.78, 5) is 25.8. The second-order valence-corrected chi connectivity index (χ2v) is 16.4. The summed E-state index contributed by atoms with van der Waals surface area (Å²) in [7, 11) is 0. The summed E-state index contributed by atoms with van der Waals surface area (Å²) >= 11 is 0. The van der Waals surface area contributed by atoms with E-state index in [0.717, 1.165) is 44.3 Å². The Labute approximate surface area is 360 Å². The van der Waals surface area contributed by atoms with Gasteiger partial charge in [-0.2, -0.15) is 0 Å². The fourth-order valence-corrected chi connectivity index (χ4v) is 8.44. The van der Waals surface area contributed by atoms with Gasteiger partial charge in [-0.15, -0.1) is 0 Å². The lowest BCUT2D eigenvalue weighted by atomic mass is 10.1. The molecule has 6 N–H and O–H groups in total. The molecule has 9 heterocycles. The van der Waals surface area contributed by atoms with Crippen molar-refractivity contribution in [3.8, 4) is 11.5 Å². The van der Waals surface area contributed by atoms with Crippen molar-refractivity contribution in [3.63, 3.8) is 0 Å². The van der Waals surface area contributed by atoms with Gasteiger partial charge in [-0.25, -0.2) is 19.9 Å². The van der Waals surface area contributed by atoms with Crippen LogP contribution in [0.3, 0.4) is 0 Å². The summed E-state index contributed by atoms with van der Waals surface area (Å²) in [5, 5.41) is 24.6. The van der Waals surface area contributed by atoms with Crippen LogP contribution in [0.4, 0.5) is 11.6 Å². The van der Waals surface area contributed by atoms with Gasteiger partial charge in [-0.3, -0.25) is 9.97 Å². The van der Waals surface area contributed by atoms with Crippen LogP contribution in [0, 0.1) is 13.8 Å². The van der Waals surface area contributed by atoms with Crippen LogP contribution < -0.4 is 20.9 Å². The number of pyridine rings is 2. The molecular weight excluding hydrogens is 809 g/mol. The molecule has 0 amide bonds. The first kappa shape index (κ1) is 40.5. The molecule has 8 atom stereocenters. The Bertz CT molecular complexity index is 2980. The van der Waals surface area contributed by atoms with E-state index in [2.05, 4.69) is 36.0 Å². The van der Waals surface area contributed by atoms with E-state index in [0.29, 0.717) is 40.7 Å². The highest BCUT2D eigenvalue weighted by molar-refractivity contribution is 5.87. The van der Waals surface area contributed by atoms with Crippen LogP contribution in [0.5, 0.6) is 11.5 Å². The third-order valence-electron chi connectivity index (χ3n) is 11.5. The lowest BCUT2D eigenvalue weighted by molar-refractivity contribution is -0.198. The summed E-state index contributed by atoms with van der Waals surface area (Å²) in [5.41, 5.74) is 16.7. The summed E-state index contributed by atoms with van der Waals surface area (Å²) in [6, 6.07) is 23.2. The van der Waals surface area contributed by atoms with Crippen LogP contribution in [0.2, 0.25) is 0 Å². The second-order valence-electron chi connectivity index (χ2n) is 16.4. The first-order valence-electron chi connectivity index (χ1n) is 20.6. The molecule has 3 aliphatic rings. The second kappa shape index (κ2) is 16.0. The Morgan fingerprint density at radius 2 is 1.11 bits per heavy atom. The highest BCUT2D eigenvalue weighted by Gasteiger charge is 2.56. The van der Waals surface area contributed by atoms with Crippen molar-refractivity contribution in [2.75, 3.05) is 24.7 Å². The summed E-state index contributed by atoms with van der Waals surface area (Å²) in [5.74, 6) is 1.39. The van der Waals surface area contributed by atoms with Crippen molar-refractivity contribution in [2.45, 2.75) is 82.6 Å². The predicted molar refractivity (Wildman–Crippen MR) is 231 cm³/mol. The molecule has 324 valence electrons. The van der Waals surface area contributed by atoms with E-state index in [4.69, 9.17) is 39.9 Å². The van der Waals surface area contributed by atoms with Gasteiger partial charge in [-0.1, -0.05) is 12.1 Å². The normalized spacial score (nSPS) is 25.1. The Balaban J connectivity index is 0.000000150. The zero-order valence-corrected chi connectivity index (χ0v) is 34.8. The molecule has 8 aromatic rings. The van der Waals surface area contributed by atoms with Gasteiger partial charge in [0.15, 0.2) is 18.2 Å². The standard InChI is InChI=1S/C24H25N5O4.C21H21N5O4/c1-13-4-5-14-6-7-15(10-17(14)28-13)30-11-18-19-20(33-24(2,3)32-19)23(31-18)29-9-8-16-21(25)26-12-27-22(16)29;1-11-2-3-12-4-5-13(8-15(12)25-11)29-9-16-17(27)18(28)21(30-16)26-7-6-14-19(22)23-10-24-20(14)26/h4-10,12,18-20,23H,11H2,1-3H3,(H2,25,26,27);2-8,10,16-18,21,27-28H,9H2,1H3,(H2,22,23,24)/t18-,19-,20-,23-;16-,17-,18-,21-/m11/s1. The number of aryl methyl sites for hydroxylation is 2. The molecule has 0 aliphatic carbocycles. The first-order chi connectivity index (χ1) is 30.4. The SMILES string of the molecule is Cc1ccc2ccc(OC[C@H]3O[C@@H](n4ccc5c(N)ncnc54)[C@@H]4OC(C)(C)O[C@@H]43)cc2n1.Cc1ccc2ccc(OC[C@H]3O[C@@H](n4ccc5c(N)ncnc54)[C@H](O)[C@@H]3O)cc2n1. The van der Waals surface area contributed by atoms with E-state index in [-0.39, 0.29) is 24.9 Å². The van der Waals surface area contributed by atoms with E-state index >= 15 is 0 Å². The minimum absolute atomic E-state index is 0.0718. The molecule has 0 bridgehead atoms. The fraction of sp³-hybridized carbons (Fsp3) is 0.333. The minimum Gasteiger partial charge on any atom is -0.491 e. The Morgan fingerprint density at radius 3 is 1.68 bits per heavy atom. The number of aromatic nitrogens is 8. The maximum atomic E-state index is 10.6. The topological polar surface area (TPSA) is 235 Å². The lowest BCUT2D eigenvalue weighted by Gasteiger charge is -2.25. The van der Waals surface area contributed by atoms with E-state index in [9.17, 15) is 10.2 Å². The molecule has 6 aromatic heterocycles. The molecule has 63 heavy (non-hydrogen) atoms. The van der Waals surface area contributed by atoms with Crippen molar-refractivity contribution >= 4 is 55.5 Å². The smallest absolute Gasteiger partial charge is 0.164 e. The van der Waals surface area contributed by atoms with Gasteiger partial charge in [0.2, 0.25) is 0 Å². The average molecular weight is 855 g/mol. The van der Waals surface area contributed by atoms with E-state index in [1.54, 1.807) is 16.8 Å². The minimum atomic E-state index is -1.15. The van der Waals surface area contributed by atoms with Gasteiger partial charge in [-0.05, 0) is 76.2 Å². The molecule has 18 heteroatoms. The number of anilines is 2. The number of nitrogens with zero attached hydrogens (tertiary/aromatic N) is 8. The number of nitrogens with two attached hydrogens (primary N) is 2. The first-order valence-corrected chi connectivity index (χ1v) is 20.6. The van der Waals surface area contributed by atoms with E-state index in [1.807, 2.05) is 99.1 Å². The quantitative estimate of drug-likeness (QED) is 0.159. The fourth-order valence-electron chi connectivity index (χ4n) is 8.44. The largest absolute Gasteiger partial charge is 0.491 e. The highest BCUT2D eigenvalue weighted by atomic mass is 16.8. The zero-order valence-electron chi connectivity index (χ0n) is 34.8. The molecule has 3 fully saturated rings. The molecule has 3 saturated heterocycles. The van der Waals surface area contributed by atoms with Gasteiger partial charge in [0.25, 0.3) is 0 Å². The van der Waals surface area contributed by atoms with Gasteiger partial charge >= 0.3 is 0 Å². The summed E-state index contributed by atoms with van der Waals surface area (Å²) < 4.78 is 40.3. The van der Waals surface area contributed by atoms with Crippen LogP contribution >= 0.6 is 0 Å². The molecular formula is C45H46N10O8. The number of hydrogen-bond acceptors (Lipinski definition) is 16. The zero-order chi connectivity index (χ0) is 43.6. The maximum absolute atomic E-state index is 10.6. The highest BCUT2D eigenvalue weighted by Crippen LogP contribution is 2.44. The van der Waals surface area contributed by atoms with Gasteiger partial charge in [0.1, 0.15) is 96.9 Å². The van der Waals surface area contributed by atoms with E-state index < -0.39 is 36.6 Å². The predicted octanol–water partition coefficient (Wildman–Crippen LogP) is 4.93. The molecule has 3 aliphatic heterocycles. The summed E-state index contributed by atoms with van der Waals surface area (Å²) in [6.45, 7) is 8.10. The van der Waals surface area contributed by atoms with Crippen molar-refractivity contribution in [1.82, 2.24) is 39.0 Å².